The minimum absolute atomic E-state index is 0.0270. The number of hydrogen-bond acceptors (Lipinski definition) is 6. The summed E-state index contributed by atoms with van der Waals surface area (Å²) in [5.41, 5.74) is 6.44. The largest absolute Gasteiger partial charge is 0.339 e. The summed E-state index contributed by atoms with van der Waals surface area (Å²) < 4.78 is 5.18. The summed E-state index contributed by atoms with van der Waals surface area (Å²) >= 11 is 0. The maximum Gasteiger partial charge on any atom is 0.231 e. The van der Waals surface area contributed by atoms with Gasteiger partial charge in [0.1, 0.15) is 11.5 Å². The molecule has 2 aromatic rings. The Morgan fingerprint density at radius 2 is 2.06 bits per heavy atom. The molecular weight excluding hydrogens is 218 g/mol. The third kappa shape index (κ3) is 2.47. The van der Waals surface area contributed by atoms with E-state index in [1.807, 2.05) is 20.8 Å². The zero-order chi connectivity index (χ0) is 12.4. The molecule has 0 aliphatic carbocycles. The molecule has 2 atom stereocenters. The van der Waals surface area contributed by atoms with E-state index in [2.05, 4.69) is 20.1 Å². The van der Waals surface area contributed by atoms with Gasteiger partial charge in [-0.05, 0) is 19.9 Å². The van der Waals surface area contributed by atoms with Gasteiger partial charge in [-0.2, -0.15) is 4.98 Å². The van der Waals surface area contributed by atoms with Crippen molar-refractivity contribution in [3.8, 4) is 11.5 Å². The standard InChI is InChI=1S/C11H15N5O/c1-6(7(2)12)11-15-10(16-17-11)9-4-5-13-8(3)14-9/h4-7H,12H2,1-3H3. The number of nitrogens with two attached hydrogens (primary N) is 1. The Kier molecular flexibility index (Phi) is 3.14. The second kappa shape index (κ2) is 4.58. The molecule has 0 aliphatic heterocycles. The molecule has 0 spiro atoms. The van der Waals surface area contributed by atoms with E-state index in [-0.39, 0.29) is 12.0 Å². The van der Waals surface area contributed by atoms with Gasteiger partial charge in [0.2, 0.25) is 11.7 Å². The fourth-order valence-electron chi connectivity index (χ4n) is 1.33. The second-order valence-corrected chi connectivity index (χ2v) is 4.09. The molecule has 2 N–H and O–H groups in total. The monoisotopic (exact) mass is 233 g/mol. The van der Waals surface area contributed by atoms with Crippen LogP contribution in [0.2, 0.25) is 0 Å². The fraction of sp³-hybridized carbons (Fsp3) is 0.455. The van der Waals surface area contributed by atoms with Crippen molar-refractivity contribution < 1.29 is 4.52 Å². The van der Waals surface area contributed by atoms with Gasteiger partial charge in [0.25, 0.3) is 0 Å². The van der Waals surface area contributed by atoms with Crippen molar-refractivity contribution >= 4 is 0 Å². The van der Waals surface area contributed by atoms with Crippen molar-refractivity contribution in [1.29, 1.82) is 0 Å². The quantitative estimate of drug-likeness (QED) is 0.858. The zero-order valence-corrected chi connectivity index (χ0v) is 10.1. The lowest BCUT2D eigenvalue weighted by Gasteiger charge is -2.09. The molecule has 0 fully saturated rings. The summed E-state index contributed by atoms with van der Waals surface area (Å²) in [6, 6.07) is 1.72. The molecule has 0 aliphatic rings. The lowest BCUT2D eigenvalue weighted by Crippen LogP contribution is -2.22. The van der Waals surface area contributed by atoms with Gasteiger partial charge in [-0.15, -0.1) is 0 Å². The van der Waals surface area contributed by atoms with Gasteiger partial charge in [-0.1, -0.05) is 12.1 Å². The molecule has 90 valence electrons. The van der Waals surface area contributed by atoms with Crippen LogP contribution in [-0.4, -0.2) is 26.2 Å². The van der Waals surface area contributed by atoms with Crippen LogP contribution in [0.5, 0.6) is 0 Å². The Morgan fingerprint density at radius 3 is 2.71 bits per heavy atom. The average molecular weight is 233 g/mol. The van der Waals surface area contributed by atoms with E-state index in [0.29, 0.717) is 23.2 Å². The van der Waals surface area contributed by atoms with Crippen molar-refractivity contribution in [2.75, 3.05) is 0 Å². The summed E-state index contributed by atoms with van der Waals surface area (Å²) in [4.78, 5) is 12.5. The number of aryl methyl sites for hydroxylation is 1. The molecule has 0 amide bonds. The molecule has 0 saturated heterocycles. The predicted molar refractivity (Wildman–Crippen MR) is 62.1 cm³/mol. The van der Waals surface area contributed by atoms with Crippen molar-refractivity contribution in [1.82, 2.24) is 20.1 Å². The lowest BCUT2D eigenvalue weighted by atomic mass is 10.1. The molecule has 0 bridgehead atoms. The predicted octanol–water partition coefficient (Wildman–Crippen LogP) is 1.29. The first-order valence-electron chi connectivity index (χ1n) is 5.47. The van der Waals surface area contributed by atoms with Gasteiger partial charge < -0.3 is 10.3 Å². The van der Waals surface area contributed by atoms with Crippen LogP contribution in [0, 0.1) is 6.92 Å². The van der Waals surface area contributed by atoms with Crippen molar-refractivity contribution in [2.45, 2.75) is 32.7 Å². The van der Waals surface area contributed by atoms with Crippen LogP contribution in [0.1, 0.15) is 31.5 Å². The number of aromatic nitrogens is 4. The maximum atomic E-state index is 5.79. The topological polar surface area (TPSA) is 90.7 Å². The first-order valence-corrected chi connectivity index (χ1v) is 5.47. The van der Waals surface area contributed by atoms with Crippen LogP contribution in [-0.2, 0) is 0 Å². The summed E-state index contributed by atoms with van der Waals surface area (Å²) in [7, 11) is 0. The average Bonchev–Trinajstić information content (AvgIpc) is 2.77. The van der Waals surface area contributed by atoms with E-state index >= 15 is 0 Å². The normalized spacial score (nSPS) is 14.6. The van der Waals surface area contributed by atoms with E-state index in [1.165, 1.54) is 0 Å². The zero-order valence-electron chi connectivity index (χ0n) is 10.1. The van der Waals surface area contributed by atoms with Crippen LogP contribution >= 0.6 is 0 Å². The van der Waals surface area contributed by atoms with Gasteiger partial charge in [0.05, 0.1) is 5.92 Å². The van der Waals surface area contributed by atoms with E-state index in [4.69, 9.17) is 10.3 Å². The summed E-state index contributed by atoms with van der Waals surface area (Å²) in [6.07, 6.45) is 1.67. The Bertz CT molecular complexity index is 508. The summed E-state index contributed by atoms with van der Waals surface area (Å²) in [5, 5.41) is 3.90. The Hall–Kier alpha value is -1.82. The second-order valence-electron chi connectivity index (χ2n) is 4.09. The minimum Gasteiger partial charge on any atom is -0.339 e. The van der Waals surface area contributed by atoms with Crippen LogP contribution in [0.4, 0.5) is 0 Å². The van der Waals surface area contributed by atoms with Gasteiger partial charge in [-0.3, -0.25) is 0 Å². The fourth-order valence-corrected chi connectivity index (χ4v) is 1.33. The maximum absolute atomic E-state index is 5.79. The third-order valence-electron chi connectivity index (χ3n) is 2.63. The van der Waals surface area contributed by atoms with Gasteiger partial charge in [0.15, 0.2) is 0 Å². The highest BCUT2D eigenvalue weighted by molar-refractivity contribution is 5.47. The van der Waals surface area contributed by atoms with Crippen LogP contribution in [0.3, 0.4) is 0 Å². The molecule has 6 nitrogen and oxygen atoms in total. The van der Waals surface area contributed by atoms with E-state index in [0.717, 1.165) is 0 Å². The lowest BCUT2D eigenvalue weighted by molar-refractivity contribution is 0.346. The van der Waals surface area contributed by atoms with Gasteiger partial charge in [0, 0.05) is 12.2 Å². The van der Waals surface area contributed by atoms with Gasteiger partial charge in [-0.25, -0.2) is 9.97 Å². The molecule has 0 saturated carbocycles. The van der Waals surface area contributed by atoms with Crippen molar-refractivity contribution in [3.05, 3.63) is 24.0 Å². The molecule has 17 heavy (non-hydrogen) atoms. The third-order valence-corrected chi connectivity index (χ3v) is 2.63. The van der Waals surface area contributed by atoms with E-state index in [9.17, 15) is 0 Å². The number of hydrogen-bond donors (Lipinski definition) is 1. The van der Waals surface area contributed by atoms with Crippen LogP contribution in [0.25, 0.3) is 11.5 Å². The summed E-state index contributed by atoms with van der Waals surface area (Å²) in [6.45, 7) is 5.67. The Balaban J connectivity index is 2.30. The Labute approximate surface area is 99.3 Å². The molecule has 0 aromatic carbocycles. The Morgan fingerprint density at radius 1 is 1.29 bits per heavy atom. The van der Waals surface area contributed by atoms with Gasteiger partial charge >= 0.3 is 0 Å². The number of rotatable bonds is 3. The summed E-state index contributed by atoms with van der Waals surface area (Å²) in [5.74, 6) is 1.71. The molecule has 0 radical (unpaired) electrons. The molecule has 2 unspecified atom stereocenters. The highest BCUT2D eigenvalue weighted by Crippen LogP contribution is 2.19. The van der Waals surface area contributed by atoms with Crippen LogP contribution < -0.4 is 5.73 Å². The first-order chi connectivity index (χ1) is 8.08. The first kappa shape index (κ1) is 11.7. The van der Waals surface area contributed by atoms with Crippen molar-refractivity contribution in [3.63, 3.8) is 0 Å². The molecular formula is C11H15N5O. The number of nitrogens with zero attached hydrogens (tertiary/aromatic N) is 4. The minimum atomic E-state index is -0.0320. The van der Waals surface area contributed by atoms with E-state index < -0.39 is 0 Å². The highest BCUT2D eigenvalue weighted by Gasteiger charge is 2.18. The smallest absolute Gasteiger partial charge is 0.231 e. The molecule has 2 aromatic heterocycles. The SMILES string of the molecule is Cc1nccc(-c2noc(C(C)C(C)N)n2)n1. The molecule has 2 rings (SSSR count). The van der Waals surface area contributed by atoms with Crippen LogP contribution in [0.15, 0.2) is 16.8 Å². The highest BCUT2D eigenvalue weighted by atomic mass is 16.5. The van der Waals surface area contributed by atoms with Crippen molar-refractivity contribution in [2.24, 2.45) is 5.73 Å². The molecule has 2 heterocycles. The van der Waals surface area contributed by atoms with E-state index in [1.54, 1.807) is 12.3 Å². The molecule has 6 heteroatoms.